The van der Waals surface area contributed by atoms with Crippen LogP contribution in [0.2, 0.25) is 0 Å². The van der Waals surface area contributed by atoms with Gasteiger partial charge in [-0.25, -0.2) is 9.97 Å². The molecule has 0 fully saturated rings. The number of hydrogen-bond donors (Lipinski definition) is 3. The van der Waals surface area contributed by atoms with Crippen molar-refractivity contribution in [2.45, 2.75) is 25.8 Å². The normalized spacial score (nSPS) is 12.6. The molecular formula is C13H18N4O. The Hall–Kier alpha value is -1.88. The SMILES string of the molecule is CCC(CCO)Nc1ncnc2ccc(N)cc12. The Labute approximate surface area is 106 Å². The Morgan fingerprint density at radius 2 is 2.22 bits per heavy atom. The minimum absolute atomic E-state index is 0.163. The zero-order chi connectivity index (χ0) is 13.0. The number of aliphatic hydroxyl groups is 1. The van der Waals surface area contributed by atoms with Crippen LogP contribution < -0.4 is 11.1 Å². The fourth-order valence-electron chi connectivity index (χ4n) is 1.92. The van der Waals surface area contributed by atoms with Crippen LogP contribution >= 0.6 is 0 Å². The molecule has 2 rings (SSSR count). The molecule has 0 bridgehead atoms. The van der Waals surface area contributed by atoms with Gasteiger partial charge in [-0.1, -0.05) is 6.92 Å². The number of benzene rings is 1. The summed E-state index contributed by atoms with van der Waals surface area (Å²) in [5, 5.41) is 13.3. The van der Waals surface area contributed by atoms with E-state index in [1.54, 1.807) is 0 Å². The van der Waals surface area contributed by atoms with Gasteiger partial charge >= 0.3 is 0 Å². The van der Waals surface area contributed by atoms with Gasteiger partial charge in [0.25, 0.3) is 0 Å². The molecule has 0 aliphatic rings. The summed E-state index contributed by atoms with van der Waals surface area (Å²) >= 11 is 0. The Balaban J connectivity index is 2.34. The number of rotatable bonds is 5. The van der Waals surface area contributed by atoms with Crippen LogP contribution in [0.5, 0.6) is 0 Å². The van der Waals surface area contributed by atoms with E-state index >= 15 is 0 Å². The summed E-state index contributed by atoms with van der Waals surface area (Å²) < 4.78 is 0. The minimum Gasteiger partial charge on any atom is -0.399 e. The summed E-state index contributed by atoms with van der Waals surface area (Å²) in [5.74, 6) is 0.771. The van der Waals surface area contributed by atoms with Crippen LogP contribution in [-0.4, -0.2) is 27.7 Å². The van der Waals surface area contributed by atoms with Gasteiger partial charge < -0.3 is 16.2 Å². The lowest BCUT2D eigenvalue weighted by Gasteiger charge is -2.17. The number of nitrogens with one attached hydrogen (secondary N) is 1. The molecule has 18 heavy (non-hydrogen) atoms. The quantitative estimate of drug-likeness (QED) is 0.700. The van der Waals surface area contributed by atoms with Gasteiger partial charge in [-0.05, 0) is 31.0 Å². The number of aliphatic hydroxyl groups excluding tert-OH is 1. The van der Waals surface area contributed by atoms with Crippen LogP contribution in [0.3, 0.4) is 0 Å². The van der Waals surface area contributed by atoms with Gasteiger partial charge in [0.15, 0.2) is 0 Å². The summed E-state index contributed by atoms with van der Waals surface area (Å²) in [5.41, 5.74) is 7.34. The molecule has 96 valence electrons. The number of nitrogens with zero attached hydrogens (tertiary/aromatic N) is 2. The summed E-state index contributed by atoms with van der Waals surface area (Å²) in [6, 6.07) is 5.77. The molecule has 2 aromatic rings. The van der Waals surface area contributed by atoms with E-state index in [9.17, 15) is 0 Å². The molecule has 0 saturated heterocycles. The monoisotopic (exact) mass is 246 g/mol. The maximum absolute atomic E-state index is 9.01. The standard InChI is InChI=1S/C13H18N4O/c1-2-10(5-6-18)17-13-11-7-9(14)3-4-12(11)15-8-16-13/h3-4,7-8,10,18H,2,5-6,14H2,1H3,(H,15,16,17). The average molecular weight is 246 g/mol. The van der Waals surface area contributed by atoms with Crippen molar-refractivity contribution in [1.82, 2.24) is 9.97 Å². The van der Waals surface area contributed by atoms with Crippen LogP contribution in [0.4, 0.5) is 11.5 Å². The molecule has 4 N–H and O–H groups in total. The smallest absolute Gasteiger partial charge is 0.137 e. The zero-order valence-electron chi connectivity index (χ0n) is 10.4. The number of nitrogens with two attached hydrogens (primary N) is 1. The zero-order valence-corrected chi connectivity index (χ0v) is 10.4. The number of aromatic nitrogens is 2. The fraction of sp³-hybridized carbons (Fsp3) is 0.385. The second kappa shape index (κ2) is 5.64. The highest BCUT2D eigenvalue weighted by Crippen LogP contribution is 2.22. The molecule has 0 saturated carbocycles. The molecule has 0 amide bonds. The third-order valence-electron chi connectivity index (χ3n) is 2.97. The van der Waals surface area contributed by atoms with E-state index in [1.165, 1.54) is 6.33 Å². The van der Waals surface area contributed by atoms with Crippen LogP contribution in [-0.2, 0) is 0 Å². The predicted molar refractivity (Wildman–Crippen MR) is 73.4 cm³/mol. The van der Waals surface area contributed by atoms with E-state index < -0.39 is 0 Å². The molecule has 1 atom stereocenters. The molecular weight excluding hydrogens is 228 g/mol. The van der Waals surface area contributed by atoms with Gasteiger partial charge in [0, 0.05) is 23.7 Å². The molecule has 0 radical (unpaired) electrons. The molecule has 5 nitrogen and oxygen atoms in total. The van der Waals surface area contributed by atoms with E-state index in [2.05, 4.69) is 22.2 Å². The van der Waals surface area contributed by atoms with E-state index in [0.29, 0.717) is 12.1 Å². The topological polar surface area (TPSA) is 84.1 Å². The molecule has 1 heterocycles. The number of anilines is 2. The molecule has 5 heteroatoms. The van der Waals surface area contributed by atoms with Gasteiger partial charge in [0.05, 0.1) is 5.52 Å². The molecule has 0 aliphatic heterocycles. The Morgan fingerprint density at radius 1 is 1.39 bits per heavy atom. The van der Waals surface area contributed by atoms with Crippen molar-refractivity contribution in [2.24, 2.45) is 0 Å². The number of fused-ring (bicyclic) bond motifs is 1. The van der Waals surface area contributed by atoms with Crippen LogP contribution in [0.1, 0.15) is 19.8 Å². The van der Waals surface area contributed by atoms with E-state index in [-0.39, 0.29) is 12.6 Å². The van der Waals surface area contributed by atoms with Crippen molar-refractivity contribution in [1.29, 1.82) is 0 Å². The van der Waals surface area contributed by atoms with Crippen molar-refractivity contribution in [3.05, 3.63) is 24.5 Å². The lowest BCUT2D eigenvalue weighted by atomic mass is 10.1. The predicted octanol–water partition coefficient (Wildman–Crippen LogP) is 1.78. The second-order valence-corrected chi connectivity index (χ2v) is 4.26. The fourth-order valence-corrected chi connectivity index (χ4v) is 1.92. The van der Waals surface area contributed by atoms with E-state index in [4.69, 9.17) is 10.8 Å². The summed E-state index contributed by atoms with van der Waals surface area (Å²) in [7, 11) is 0. The maximum atomic E-state index is 9.01. The van der Waals surface area contributed by atoms with Gasteiger partial charge in [0.1, 0.15) is 12.1 Å². The second-order valence-electron chi connectivity index (χ2n) is 4.26. The van der Waals surface area contributed by atoms with Crippen molar-refractivity contribution in [2.75, 3.05) is 17.7 Å². The Bertz CT molecular complexity index is 529. The maximum Gasteiger partial charge on any atom is 0.137 e. The molecule has 1 aromatic carbocycles. The highest BCUT2D eigenvalue weighted by molar-refractivity contribution is 5.91. The first-order chi connectivity index (χ1) is 8.74. The molecule has 0 spiro atoms. The van der Waals surface area contributed by atoms with Crippen molar-refractivity contribution in [3.63, 3.8) is 0 Å². The van der Waals surface area contributed by atoms with Gasteiger partial charge in [0.2, 0.25) is 0 Å². The first-order valence-corrected chi connectivity index (χ1v) is 6.12. The third kappa shape index (κ3) is 2.68. The summed E-state index contributed by atoms with van der Waals surface area (Å²) in [6.07, 6.45) is 3.16. The Morgan fingerprint density at radius 3 is 2.94 bits per heavy atom. The van der Waals surface area contributed by atoms with Gasteiger partial charge in [-0.15, -0.1) is 0 Å². The van der Waals surface area contributed by atoms with Gasteiger partial charge in [-0.2, -0.15) is 0 Å². The van der Waals surface area contributed by atoms with Crippen LogP contribution in [0.25, 0.3) is 10.9 Å². The summed E-state index contributed by atoms with van der Waals surface area (Å²) in [4.78, 5) is 8.46. The van der Waals surface area contributed by atoms with Crippen molar-refractivity contribution < 1.29 is 5.11 Å². The third-order valence-corrected chi connectivity index (χ3v) is 2.97. The van der Waals surface area contributed by atoms with Crippen LogP contribution in [0, 0.1) is 0 Å². The first kappa shape index (κ1) is 12.6. The van der Waals surface area contributed by atoms with Crippen molar-refractivity contribution >= 4 is 22.4 Å². The number of nitrogen functional groups attached to an aromatic ring is 1. The van der Waals surface area contributed by atoms with Gasteiger partial charge in [-0.3, -0.25) is 0 Å². The highest BCUT2D eigenvalue weighted by atomic mass is 16.3. The van der Waals surface area contributed by atoms with E-state index in [1.807, 2.05) is 18.2 Å². The van der Waals surface area contributed by atoms with Crippen LogP contribution in [0.15, 0.2) is 24.5 Å². The lowest BCUT2D eigenvalue weighted by Crippen LogP contribution is -2.20. The average Bonchev–Trinajstić information content (AvgIpc) is 2.38. The van der Waals surface area contributed by atoms with E-state index in [0.717, 1.165) is 23.1 Å². The van der Waals surface area contributed by atoms with Crippen molar-refractivity contribution in [3.8, 4) is 0 Å². The minimum atomic E-state index is 0.163. The highest BCUT2D eigenvalue weighted by Gasteiger charge is 2.09. The summed E-state index contributed by atoms with van der Waals surface area (Å²) in [6.45, 7) is 2.24. The molecule has 1 unspecified atom stereocenters. The lowest BCUT2D eigenvalue weighted by molar-refractivity contribution is 0.278. The largest absolute Gasteiger partial charge is 0.399 e. The Kier molecular flexibility index (Phi) is 3.94. The number of hydrogen-bond acceptors (Lipinski definition) is 5. The first-order valence-electron chi connectivity index (χ1n) is 6.12. The molecule has 0 aliphatic carbocycles. The molecule has 1 aromatic heterocycles.